The summed E-state index contributed by atoms with van der Waals surface area (Å²) in [5, 5.41) is 46.4. The van der Waals surface area contributed by atoms with Crippen LogP contribution in [0, 0.1) is 12.2 Å². The van der Waals surface area contributed by atoms with Crippen LogP contribution >= 0.6 is 0 Å². The van der Waals surface area contributed by atoms with Crippen LogP contribution in [-0.4, -0.2) is 145 Å². The molecule has 0 saturated heterocycles. The van der Waals surface area contributed by atoms with Gasteiger partial charge in [-0.2, -0.15) is 89.2 Å². The van der Waals surface area contributed by atoms with Crippen LogP contribution in [0.2, 0.25) is 0 Å². The molecule has 8 aromatic rings. The lowest BCUT2D eigenvalue weighted by Gasteiger charge is -2.16. The number of anilines is 6. The molecule has 0 aliphatic rings. The Morgan fingerprint density at radius 1 is 0.460 bits per heavy atom. The van der Waals surface area contributed by atoms with Gasteiger partial charge in [-0.3, -0.25) is 27.3 Å². The highest BCUT2D eigenvalue weighted by Gasteiger charge is 2.30. The van der Waals surface area contributed by atoms with Gasteiger partial charge in [-0.1, -0.05) is 0 Å². The monoisotopic (exact) mass is 1330 g/mol. The van der Waals surface area contributed by atoms with Crippen LogP contribution in [0.15, 0.2) is 123 Å². The maximum absolute atomic E-state index is 14.8. The molecule has 0 bridgehead atoms. The van der Waals surface area contributed by atoms with E-state index in [0.29, 0.717) is 24.3 Å². The van der Waals surface area contributed by atoms with Crippen molar-refractivity contribution < 1.29 is 106 Å². The molecule has 1 atom stereocenters. The molecule has 44 heteroatoms. The summed E-state index contributed by atoms with van der Waals surface area (Å²) in [4.78, 5) is 15.7. The summed E-state index contributed by atoms with van der Waals surface area (Å²) in [5.41, 5.74) is -4.10. The molecule has 0 fully saturated rings. The molecule has 12 N–H and O–H groups in total. The number of azo groups is 2. The number of ether oxygens (including phenoxy) is 2. The van der Waals surface area contributed by atoms with Crippen molar-refractivity contribution in [3.63, 3.8) is 0 Å². The Labute approximate surface area is 486 Å². The van der Waals surface area contributed by atoms with Gasteiger partial charge in [0, 0.05) is 46.9 Å². The van der Waals surface area contributed by atoms with Gasteiger partial charge >= 0.3 is 12.2 Å². The SMILES string of the molecule is COc1cc(S(=O)(=O)O)c(N=Nc2c(S(=O)(=O)O)cc3cc(Nc4nc(F)nc(NCC(C)Nc5nc(F)nc(Nc6ccc7c(O)c(N=Nc8cc(S(=O)(=O)O)c(OC)cc8S(=O)(=O)O)c(S(=O)(=O)O)cc7c6)n5)n4)ccc3c2O)cc1S(=O)(=O)O. The zero-order chi connectivity index (χ0) is 64.1. The van der Waals surface area contributed by atoms with E-state index in [1.54, 1.807) is 0 Å². The van der Waals surface area contributed by atoms with Crippen molar-refractivity contribution in [1.82, 2.24) is 29.9 Å². The molecule has 1 unspecified atom stereocenters. The second-order valence-electron chi connectivity index (χ2n) is 17.4. The number of aromatic hydroxyl groups is 2. The number of halogens is 2. The van der Waals surface area contributed by atoms with Crippen molar-refractivity contribution >= 4 is 140 Å². The number of aromatic nitrogens is 6. The lowest BCUT2D eigenvalue weighted by atomic mass is 10.1. The van der Waals surface area contributed by atoms with Gasteiger partial charge in [-0.05, 0) is 78.4 Å². The number of benzene rings is 6. The van der Waals surface area contributed by atoms with Crippen molar-refractivity contribution in [3.8, 4) is 23.0 Å². The Hall–Kier alpha value is -9.22. The minimum absolute atomic E-state index is 0.00823. The number of nitrogens with zero attached hydrogens (tertiary/aromatic N) is 10. The molecule has 0 radical (unpaired) electrons. The third-order valence-electron chi connectivity index (χ3n) is 11.4. The third kappa shape index (κ3) is 14.6. The van der Waals surface area contributed by atoms with E-state index >= 15 is 0 Å². The smallest absolute Gasteiger partial charge is 0.315 e. The molecule has 2 aromatic heterocycles. The molecule has 8 rings (SSSR count). The average Bonchev–Trinajstić information content (AvgIpc) is 0.846. The molecule has 0 aliphatic carbocycles. The number of phenols is 2. The number of nitrogens with one attached hydrogen (secondary N) is 4. The van der Waals surface area contributed by atoms with Gasteiger partial charge in [0.05, 0.1) is 14.2 Å². The van der Waals surface area contributed by atoms with E-state index in [2.05, 4.69) is 71.6 Å². The Bertz CT molecular complexity index is 4980. The van der Waals surface area contributed by atoms with Gasteiger partial charge in [0.1, 0.15) is 63.6 Å². The van der Waals surface area contributed by atoms with E-state index < -0.39 is 178 Å². The lowest BCUT2D eigenvalue weighted by molar-refractivity contribution is 0.395. The Morgan fingerprint density at radius 3 is 1.18 bits per heavy atom. The normalized spacial score (nSPS) is 13.1. The maximum Gasteiger partial charge on any atom is 0.315 e. The van der Waals surface area contributed by atoms with E-state index in [0.717, 1.165) is 50.6 Å². The van der Waals surface area contributed by atoms with Crippen molar-refractivity contribution in [1.29, 1.82) is 0 Å². The van der Waals surface area contributed by atoms with Crippen LogP contribution in [0.5, 0.6) is 23.0 Å². The standard InChI is InChI=1S/C43H36F2N14O22S6/c1-17(47-41-51-39(45)53-43(55-41)49-21-5-7-23-19(9-21)11-33(87(77,78)79)35(37(23)61)59-57-25-13-31(85(71,72)73)27(81-3)15-29(25)83(65,66)67)16-46-40-50-38(44)52-42(54-40)48-20-4-6-22-18(8-20)10-32(86(74,75)76)34(36(22)60)58-56-24-12-30(84(68,69)70)26(80-2)14-28(24)82(62,63)64/h4-15,17,60-61H,16H2,1-3H3,(H,62,63,64)(H,65,66,67)(H,68,69,70)(H,71,72,73)(H,74,75,76)(H,77,78,79)(H2,46,48,50,52,54)(H2,47,49,51,53,55). The predicted octanol–water partition coefficient (Wildman–Crippen LogP) is 5.78. The fourth-order valence-corrected chi connectivity index (χ4v) is 11.6. The topological polar surface area (TPSA) is 560 Å². The molecular formula is C43H36F2N14O22S6. The maximum atomic E-state index is 14.8. The highest BCUT2D eigenvalue weighted by Crippen LogP contribution is 2.46. The van der Waals surface area contributed by atoms with Crippen LogP contribution in [0.4, 0.5) is 66.7 Å². The third-order valence-corrected chi connectivity index (χ3v) is 16.7. The Morgan fingerprint density at radius 2 is 0.816 bits per heavy atom. The minimum Gasteiger partial charge on any atom is -0.505 e. The summed E-state index contributed by atoms with van der Waals surface area (Å²) in [6, 6.07) is 9.56. The predicted molar refractivity (Wildman–Crippen MR) is 292 cm³/mol. The summed E-state index contributed by atoms with van der Waals surface area (Å²) in [5.74, 6) is -5.27. The zero-order valence-electron chi connectivity index (χ0n) is 43.2. The van der Waals surface area contributed by atoms with Crippen LogP contribution in [0.1, 0.15) is 6.92 Å². The number of methoxy groups -OCH3 is 2. The number of hydrogen-bond acceptors (Lipinski definition) is 30. The largest absolute Gasteiger partial charge is 0.505 e. The van der Waals surface area contributed by atoms with Crippen molar-refractivity contribution in [2.45, 2.75) is 42.3 Å². The van der Waals surface area contributed by atoms with Crippen LogP contribution < -0.4 is 30.7 Å². The summed E-state index contributed by atoms with van der Waals surface area (Å²) < 4.78 is 245. The van der Waals surface area contributed by atoms with Crippen molar-refractivity contribution in [2.24, 2.45) is 20.5 Å². The molecule has 0 aliphatic heterocycles. The van der Waals surface area contributed by atoms with E-state index in [-0.39, 0.29) is 39.5 Å². The number of hydrogen-bond donors (Lipinski definition) is 12. The van der Waals surface area contributed by atoms with Gasteiger partial charge in [0.15, 0.2) is 11.5 Å². The first-order valence-electron chi connectivity index (χ1n) is 22.9. The van der Waals surface area contributed by atoms with Crippen molar-refractivity contribution in [2.75, 3.05) is 42.0 Å². The molecule has 36 nitrogen and oxygen atoms in total. The van der Waals surface area contributed by atoms with Gasteiger partial charge < -0.3 is 41.0 Å². The molecule has 6 aromatic carbocycles. The summed E-state index contributed by atoms with van der Waals surface area (Å²) in [6.45, 7) is 1.34. The highest BCUT2D eigenvalue weighted by atomic mass is 32.2. The average molecular weight is 1330 g/mol. The first kappa shape index (κ1) is 63.8. The second kappa shape index (κ2) is 23.6. The Kier molecular flexibility index (Phi) is 17.3. The molecular weight excluding hydrogens is 1290 g/mol. The van der Waals surface area contributed by atoms with Gasteiger partial charge in [-0.15, -0.1) is 20.5 Å². The fourth-order valence-electron chi connectivity index (χ4n) is 7.74. The molecule has 2 heterocycles. The molecule has 87 heavy (non-hydrogen) atoms. The molecule has 0 saturated carbocycles. The summed E-state index contributed by atoms with van der Waals surface area (Å²) in [7, 11) is -29.7. The van der Waals surface area contributed by atoms with Crippen LogP contribution in [-0.2, 0) is 60.7 Å². The van der Waals surface area contributed by atoms with E-state index in [1.165, 1.54) is 19.1 Å². The van der Waals surface area contributed by atoms with Crippen LogP contribution in [0.3, 0.4) is 0 Å². The quantitative estimate of drug-likeness (QED) is 0.0299. The fraction of sp³-hybridized carbons (Fsp3) is 0.116. The van der Waals surface area contributed by atoms with Gasteiger partial charge in [0.2, 0.25) is 23.8 Å². The molecule has 460 valence electrons. The first-order valence-corrected chi connectivity index (χ1v) is 31.6. The second-order valence-corrected chi connectivity index (χ2v) is 25.7. The van der Waals surface area contributed by atoms with E-state index in [4.69, 9.17) is 9.47 Å². The molecule has 0 amide bonds. The van der Waals surface area contributed by atoms with E-state index in [1.807, 2.05) is 0 Å². The Balaban J connectivity index is 0.986. The van der Waals surface area contributed by atoms with Crippen LogP contribution in [0.25, 0.3) is 21.5 Å². The highest BCUT2D eigenvalue weighted by molar-refractivity contribution is 7.87. The van der Waals surface area contributed by atoms with Crippen molar-refractivity contribution in [3.05, 3.63) is 85.0 Å². The lowest BCUT2D eigenvalue weighted by Crippen LogP contribution is -2.27. The number of fused-ring (bicyclic) bond motifs is 2. The van der Waals surface area contributed by atoms with Gasteiger partial charge in [0.25, 0.3) is 60.7 Å². The number of phenolic OH excluding ortho intramolecular Hbond substituents is 2. The number of rotatable bonds is 21. The summed E-state index contributed by atoms with van der Waals surface area (Å²) in [6.07, 6.45) is -2.68. The van der Waals surface area contributed by atoms with Gasteiger partial charge in [-0.25, -0.2) is 0 Å². The van der Waals surface area contributed by atoms with E-state index in [9.17, 15) is 96.8 Å². The first-order chi connectivity index (χ1) is 40.3. The minimum atomic E-state index is -5.35. The summed E-state index contributed by atoms with van der Waals surface area (Å²) >= 11 is 0. The molecule has 0 spiro atoms. The zero-order valence-corrected chi connectivity index (χ0v) is 48.1.